The Morgan fingerprint density at radius 3 is 2.30 bits per heavy atom. The van der Waals surface area contributed by atoms with Crippen LogP contribution in [0.25, 0.3) is 22.4 Å². The van der Waals surface area contributed by atoms with E-state index in [-0.39, 0.29) is 11.2 Å². The second kappa shape index (κ2) is 7.13. The lowest BCUT2D eigenvalue weighted by Gasteiger charge is -2.19. The fourth-order valence-electron chi connectivity index (χ4n) is 2.99. The minimum Gasteiger partial charge on any atom is -0.497 e. The van der Waals surface area contributed by atoms with Gasteiger partial charge in [-0.3, -0.25) is 0 Å². The van der Waals surface area contributed by atoms with Crippen molar-refractivity contribution in [1.82, 2.24) is 4.98 Å². The Morgan fingerprint density at radius 1 is 1.00 bits per heavy atom. The summed E-state index contributed by atoms with van der Waals surface area (Å²) in [6.07, 6.45) is 0. The molecule has 4 nitrogen and oxygen atoms in total. The van der Waals surface area contributed by atoms with Gasteiger partial charge in [0.1, 0.15) is 23.2 Å². The molecule has 2 N–H and O–H groups in total. The number of nitrogen functional groups attached to an aromatic ring is 1. The van der Waals surface area contributed by atoms with Crippen LogP contribution < -0.4 is 10.5 Å². The van der Waals surface area contributed by atoms with Crippen LogP contribution in [0.5, 0.6) is 5.75 Å². The molecule has 1 heterocycles. The summed E-state index contributed by atoms with van der Waals surface area (Å²) in [6, 6.07) is 20.0. The molecule has 136 valence electrons. The van der Waals surface area contributed by atoms with E-state index in [9.17, 15) is 5.26 Å². The van der Waals surface area contributed by atoms with E-state index >= 15 is 0 Å². The monoisotopic (exact) mass is 357 g/mol. The van der Waals surface area contributed by atoms with Gasteiger partial charge in [-0.15, -0.1) is 0 Å². The third kappa shape index (κ3) is 3.78. The van der Waals surface area contributed by atoms with E-state index in [4.69, 9.17) is 10.5 Å². The summed E-state index contributed by atoms with van der Waals surface area (Å²) >= 11 is 0. The Morgan fingerprint density at radius 2 is 1.70 bits per heavy atom. The number of methoxy groups -OCH3 is 1. The SMILES string of the molecule is COc1cccc(-c2cc(-c3ccc(C(C)(C)C)cc3)c(C#N)c(N)n2)c1. The van der Waals surface area contributed by atoms with E-state index in [0.717, 1.165) is 22.4 Å². The number of anilines is 1. The summed E-state index contributed by atoms with van der Waals surface area (Å²) in [6.45, 7) is 6.52. The molecule has 0 radical (unpaired) electrons. The number of nitriles is 1. The van der Waals surface area contributed by atoms with E-state index in [1.807, 2.05) is 42.5 Å². The van der Waals surface area contributed by atoms with Gasteiger partial charge in [-0.1, -0.05) is 57.2 Å². The number of nitrogens with two attached hydrogens (primary N) is 1. The van der Waals surface area contributed by atoms with Gasteiger partial charge in [0.05, 0.1) is 12.8 Å². The predicted octanol–water partition coefficient (Wildman–Crippen LogP) is 5.18. The highest BCUT2D eigenvalue weighted by Gasteiger charge is 2.16. The summed E-state index contributed by atoms with van der Waals surface area (Å²) in [5, 5.41) is 9.60. The fraction of sp³-hybridized carbons (Fsp3) is 0.217. The Hall–Kier alpha value is -3.32. The van der Waals surface area contributed by atoms with Gasteiger partial charge in [0, 0.05) is 11.1 Å². The first-order valence-corrected chi connectivity index (χ1v) is 8.79. The highest BCUT2D eigenvalue weighted by Crippen LogP contribution is 2.33. The van der Waals surface area contributed by atoms with Crippen molar-refractivity contribution in [3.05, 3.63) is 65.7 Å². The molecule has 0 unspecified atom stereocenters. The van der Waals surface area contributed by atoms with Crippen molar-refractivity contribution in [2.45, 2.75) is 26.2 Å². The highest BCUT2D eigenvalue weighted by atomic mass is 16.5. The van der Waals surface area contributed by atoms with Gasteiger partial charge in [-0.25, -0.2) is 4.98 Å². The molecule has 0 aliphatic heterocycles. The molecule has 0 spiro atoms. The van der Waals surface area contributed by atoms with Gasteiger partial charge < -0.3 is 10.5 Å². The third-order valence-corrected chi connectivity index (χ3v) is 4.59. The minimum atomic E-state index is 0.0691. The quantitative estimate of drug-likeness (QED) is 0.701. The zero-order chi connectivity index (χ0) is 19.6. The Balaban J connectivity index is 2.14. The molecule has 0 saturated heterocycles. The molecule has 3 aromatic rings. The lowest BCUT2D eigenvalue weighted by atomic mass is 9.86. The summed E-state index contributed by atoms with van der Waals surface area (Å²) in [5.41, 5.74) is 11.1. The topological polar surface area (TPSA) is 71.9 Å². The standard InChI is InChI=1S/C23H23N3O/c1-23(2,3)17-10-8-15(9-11-17)19-13-21(26-22(25)20(19)14-24)16-6-5-7-18(12-16)27-4/h5-13H,1-4H3,(H2,25,26). The third-order valence-electron chi connectivity index (χ3n) is 4.59. The Kier molecular flexibility index (Phi) is 4.87. The zero-order valence-corrected chi connectivity index (χ0v) is 16.1. The Labute approximate surface area is 160 Å². The van der Waals surface area contributed by atoms with Crippen LogP contribution in [-0.4, -0.2) is 12.1 Å². The number of pyridine rings is 1. The van der Waals surface area contributed by atoms with Crippen molar-refractivity contribution in [2.24, 2.45) is 0 Å². The summed E-state index contributed by atoms with van der Waals surface area (Å²) in [4.78, 5) is 4.43. The maximum absolute atomic E-state index is 9.60. The molecule has 3 rings (SSSR count). The van der Waals surface area contributed by atoms with Gasteiger partial charge in [0.2, 0.25) is 0 Å². The van der Waals surface area contributed by atoms with Crippen molar-refractivity contribution in [3.8, 4) is 34.2 Å². The van der Waals surface area contributed by atoms with Crippen LogP contribution in [-0.2, 0) is 5.41 Å². The van der Waals surface area contributed by atoms with Crippen molar-refractivity contribution in [3.63, 3.8) is 0 Å². The largest absolute Gasteiger partial charge is 0.497 e. The molecule has 0 atom stereocenters. The van der Waals surface area contributed by atoms with Crippen LogP contribution >= 0.6 is 0 Å². The average Bonchev–Trinajstić information content (AvgIpc) is 2.66. The Bertz CT molecular complexity index is 1010. The predicted molar refractivity (Wildman–Crippen MR) is 109 cm³/mol. The molecule has 1 aromatic heterocycles. The first-order chi connectivity index (χ1) is 12.8. The first kappa shape index (κ1) is 18.5. The normalized spacial score (nSPS) is 11.1. The number of ether oxygens (including phenoxy) is 1. The van der Waals surface area contributed by atoms with Crippen LogP contribution in [0.4, 0.5) is 5.82 Å². The summed E-state index contributed by atoms with van der Waals surface area (Å²) in [5.74, 6) is 0.973. The molecule has 0 saturated carbocycles. The van der Waals surface area contributed by atoms with Crippen LogP contribution in [0.2, 0.25) is 0 Å². The smallest absolute Gasteiger partial charge is 0.142 e. The number of hydrogen-bond donors (Lipinski definition) is 1. The van der Waals surface area contributed by atoms with Crippen molar-refractivity contribution in [2.75, 3.05) is 12.8 Å². The van der Waals surface area contributed by atoms with Crippen LogP contribution in [0, 0.1) is 11.3 Å². The van der Waals surface area contributed by atoms with Crippen molar-refractivity contribution >= 4 is 5.82 Å². The maximum atomic E-state index is 9.60. The second-order valence-corrected chi connectivity index (χ2v) is 7.49. The number of nitrogens with zero attached hydrogens (tertiary/aromatic N) is 2. The molecular formula is C23H23N3O. The molecule has 2 aromatic carbocycles. The zero-order valence-electron chi connectivity index (χ0n) is 16.1. The molecule has 0 fully saturated rings. The van der Waals surface area contributed by atoms with E-state index in [1.54, 1.807) is 7.11 Å². The lowest BCUT2D eigenvalue weighted by Crippen LogP contribution is -2.10. The van der Waals surface area contributed by atoms with Crippen LogP contribution in [0.3, 0.4) is 0 Å². The molecule has 0 bridgehead atoms. The fourth-order valence-corrected chi connectivity index (χ4v) is 2.99. The lowest BCUT2D eigenvalue weighted by molar-refractivity contribution is 0.415. The van der Waals surface area contributed by atoms with Gasteiger partial charge >= 0.3 is 0 Å². The molecule has 0 amide bonds. The summed E-state index contributed by atoms with van der Waals surface area (Å²) < 4.78 is 5.30. The van der Waals surface area contributed by atoms with Gasteiger partial charge in [0.25, 0.3) is 0 Å². The highest BCUT2D eigenvalue weighted by molar-refractivity contribution is 5.80. The molecule has 0 aliphatic carbocycles. The summed E-state index contributed by atoms with van der Waals surface area (Å²) in [7, 11) is 1.63. The van der Waals surface area contributed by atoms with E-state index in [1.165, 1.54) is 5.56 Å². The van der Waals surface area contributed by atoms with Crippen molar-refractivity contribution in [1.29, 1.82) is 5.26 Å². The van der Waals surface area contributed by atoms with Gasteiger partial charge in [0.15, 0.2) is 0 Å². The van der Waals surface area contributed by atoms with Gasteiger partial charge in [-0.05, 0) is 34.7 Å². The van der Waals surface area contributed by atoms with Crippen molar-refractivity contribution < 1.29 is 4.74 Å². The average molecular weight is 357 g/mol. The number of benzene rings is 2. The number of hydrogen-bond acceptors (Lipinski definition) is 4. The molecule has 0 aliphatic rings. The van der Waals surface area contributed by atoms with E-state index < -0.39 is 0 Å². The second-order valence-electron chi connectivity index (χ2n) is 7.49. The number of rotatable bonds is 3. The minimum absolute atomic E-state index is 0.0691. The molecular weight excluding hydrogens is 334 g/mol. The first-order valence-electron chi connectivity index (χ1n) is 8.79. The van der Waals surface area contributed by atoms with E-state index in [0.29, 0.717) is 11.3 Å². The van der Waals surface area contributed by atoms with E-state index in [2.05, 4.69) is 44.0 Å². The maximum Gasteiger partial charge on any atom is 0.142 e. The molecule has 27 heavy (non-hydrogen) atoms. The number of aromatic nitrogens is 1. The van der Waals surface area contributed by atoms with Crippen LogP contribution in [0.1, 0.15) is 31.9 Å². The molecule has 4 heteroatoms. The van der Waals surface area contributed by atoms with Gasteiger partial charge in [-0.2, -0.15) is 5.26 Å². The van der Waals surface area contributed by atoms with Crippen LogP contribution in [0.15, 0.2) is 54.6 Å².